The van der Waals surface area contributed by atoms with Crippen LogP contribution in [0.15, 0.2) is 0 Å². The van der Waals surface area contributed by atoms with Crippen LogP contribution >= 0.6 is 0 Å². The summed E-state index contributed by atoms with van der Waals surface area (Å²) >= 11 is 0. The summed E-state index contributed by atoms with van der Waals surface area (Å²) in [7, 11) is 0. The zero-order valence-electron chi connectivity index (χ0n) is 9.91. The molecule has 4 N–H and O–H groups in total. The lowest BCUT2D eigenvalue weighted by molar-refractivity contribution is -0.0947. The van der Waals surface area contributed by atoms with Gasteiger partial charge in [-0.25, -0.2) is 0 Å². The van der Waals surface area contributed by atoms with Crippen molar-refractivity contribution in [2.24, 2.45) is 11.7 Å². The molecule has 1 aliphatic carbocycles. The molecule has 4 nitrogen and oxygen atoms in total. The third kappa shape index (κ3) is 2.55. The molecule has 1 saturated carbocycles. The molecule has 2 fully saturated rings. The van der Waals surface area contributed by atoms with Gasteiger partial charge in [0, 0.05) is 32.0 Å². The van der Waals surface area contributed by atoms with Crippen molar-refractivity contribution >= 4 is 5.84 Å². The molecule has 1 heterocycles. The molecule has 0 aromatic carbocycles. The average molecular weight is 225 g/mol. The minimum absolute atomic E-state index is 0.268. The lowest BCUT2D eigenvalue weighted by Crippen LogP contribution is -2.53. The topological polar surface area (TPSA) is 73.3 Å². The molecule has 2 unspecified atom stereocenters. The van der Waals surface area contributed by atoms with E-state index in [2.05, 4.69) is 4.90 Å². The zero-order chi connectivity index (χ0) is 11.6. The number of amidine groups is 1. The molecule has 2 aliphatic rings. The number of fused-ring (bicyclic) bond motifs is 1. The van der Waals surface area contributed by atoms with Gasteiger partial charge in [-0.15, -0.1) is 0 Å². The van der Waals surface area contributed by atoms with E-state index >= 15 is 0 Å². The third-order valence-corrected chi connectivity index (χ3v) is 4.21. The van der Waals surface area contributed by atoms with E-state index in [4.69, 9.17) is 11.1 Å². The molecular weight excluding hydrogens is 202 g/mol. The first kappa shape index (κ1) is 11.9. The average Bonchev–Trinajstić information content (AvgIpc) is 2.26. The molecule has 92 valence electrons. The first-order valence-electron chi connectivity index (χ1n) is 6.38. The van der Waals surface area contributed by atoms with Gasteiger partial charge in [0.1, 0.15) is 0 Å². The maximum Gasteiger partial charge on any atom is 0.0918 e. The van der Waals surface area contributed by atoms with Crippen molar-refractivity contribution in [3.05, 3.63) is 0 Å². The van der Waals surface area contributed by atoms with E-state index in [0.29, 0.717) is 12.3 Å². The minimum Gasteiger partial charge on any atom is -0.390 e. The van der Waals surface area contributed by atoms with E-state index in [0.717, 1.165) is 38.9 Å². The van der Waals surface area contributed by atoms with E-state index in [-0.39, 0.29) is 11.4 Å². The van der Waals surface area contributed by atoms with Crippen LogP contribution in [0.4, 0.5) is 0 Å². The van der Waals surface area contributed by atoms with Gasteiger partial charge in [0.05, 0.1) is 11.4 Å². The van der Waals surface area contributed by atoms with Crippen LogP contribution in [0.5, 0.6) is 0 Å². The highest BCUT2D eigenvalue weighted by Gasteiger charge is 2.42. The summed E-state index contributed by atoms with van der Waals surface area (Å²) in [5.41, 5.74) is 4.99. The molecule has 0 aromatic heterocycles. The lowest BCUT2D eigenvalue weighted by atomic mass is 9.71. The summed E-state index contributed by atoms with van der Waals surface area (Å²) in [5, 5.41) is 17.7. The van der Waals surface area contributed by atoms with Gasteiger partial charge in [0.25, 0.3) is 0 Å². The van der Waals surface area contributed by atoms with Crippen molar-refractivity contribution in [3.8, 4) is 0 Å². The standard InChI is InChI=1S/C12H23N3O/c13-11(14)4-7-15-8-6-12(16)5-2-1-3-10(12)9-15/h10,16H,1-9H2,(H3,13,14). The highest BCUT2D eigenvalue weighted by atomic mass is 16.3. The minimum atomic E-state index is -0.384. The van der Waals surface area contributed by atoms with Crippen molar-refractivity contribution in [3.63, 3.8) is 0 Å². The van der Waals surface area contributed by atoms with E-state index in [1.807, 2.05) is 0 Å². The number of nitrogens with zero attached hydrogens (tertiary/aromatic N) is 1. The second kappa shape index (κ2) is 4.72. The molecule has 0 spiro atoms. The predicted molar refractivity (Wildman–Crippen MR) is 64.5 cm³/mol. The van der Waals surface area contributed by atoms with Crippen LogP contribution in [-0.2, 0) is 0 Å². The molecule has 0 bridgehead atoms. The highest BCUT2D eigenvalue weighted by Crippen LogP contribution is 2.39. The fourth-order valence-electron chi connectivity index (χ4n) is 3.12. The Morgan fingerprint density at radius 2 is 2.25 bits per heavy atom. The molecule has 16 heavy (non-hydrogen) atoms. The quantitative estimate of drug-likeness (QED) is 0.494. The number of nitrogens with one attached hydrogen (secondary N) is 1. The Bertz CT molecular complexity index is 269. The Morgan fingerprint density at radius 3 is 3.00 bits per heavy atom. The number of rotatable bonds is 3. The Kier molecular flexibility index (Phi) is 3.50. The summed E-state index contributed by atoms with van der Waals surface area (Å²) in [6.45, 7) is 2.83. The summed E-state index contributed by atoms with van der Waals surface area (Å²) in [6.07, 6.45) is 6.14. The summed E-state index contributed by atoms with van der Waals surface area (Å²) in [6, 6.07) is 0. The van der Waals surface area contributed by atoms with Crippen LogP contribution < -0.4 is 5.73 Å². The maximum absolute atomic E-state index is 10.5. The molecule has 2 atom stereocenters. The second-order valence-electron chi connectivity index (χ2n) is 5.37. The Morgan fingerprint density at radius 1 is 1.44 bits per heavy atom. The van der Waals surface area contributed by atoms with Gasteiger partial charge in [-0.2, -0.15) is 0 Å². The molecule has 0 aromatic rings. The Hall–Kier alpha value is -0.610. The fourth-order valence-corrected chi connectivity index (χ4v) is 3.12. The number of hydrogen-bond acceptors (Lipinski definition) is 3. The number of piperidine rings is 1. The van der Waals surface area contributed by atoms with Crippen LogP contribution in [0.1, 0.15) is 38.5 Å². The van der Waals surface area contributed by atoms with Gasteiger partial charge in [0.2, 0.25) is 0 Å². The van der Waals surface area contributed by atoms with Crippen LogP contribution in [-0.4, -0.2) is 41.1 Å². The molecule has 0 amide bonds. The molecule has 0 radical (unpaired) electrons. The van der Waals surface area contributed by atoms with Crippen LogP contribution in [0.3, 0.4) is 0 Å². The summed E-state index contributed by atoms with van der Waals surface area (Å²) < 4.78 is 0. The summed E-state index contributed by atoms with van der Waals surface area (Å²) in [4.78, 5) is 2.35. The van der Waals surface area contributed by atoms with Gasteiger partial charge < -0.3 is 15.7 Å². The zero-order valence-corrected chi connectivity index (χ0v) is 9.91. The number of hydrogen-bond donors (Lipinski definition) is 3. The number of likely N-dealkylation sites (tertiary alicyclic amines) is 1. The predicted octanol–water partition coefficient (Wildman–Crippen LogP) is 0.939. The fraction of sp³-hybridized carbons (Fsp3) is 0.917. The van der Waals surface area contributed by atoms with Crippen molar-refractivity contribution in [1.82, 2.24) is 4.90 Å². The van der Waals surface area contributed by atoms with Gasteiger partial charge >= 0.3 is 0 Å². The summed E-state index contributed by atoms with van der Waals surface area (Å²) in [5.74, 6) is 0.714. The second-order valence-corrected chi connectivity index (χ2v) is 5.37. The molecule has 4 heteroatoms. The SMILES string of the molecule is N=C(N)CCN1CCC2(O)CCCCC2C1. The van der Waals surface area contributed by atoms with Crippen LogP contribution in [0.2, 0.25) is 0 Å². The first-order chi connectivity index (χ1) is 7.60. The Labute approximate surface area is 97.3 Å². The highest BCUT2D eigenvalue weighted by molar-refractivity contribution is 5.76. The molecule has 2 rings (SSSR count). The van der Waals surface area contributed by atoms with Crippen molar-refractivity contribution in [1.29, 1.82) is 5.41 Å². The van der Waals surface area contributed by atoms with Crippen LogP contribution in [0, 0.1) is 11.3 Å². The number of nitrogens with two attached hydrogens (primary N) is 1. The monoisotopic (exact) mass is 225 g/mol. The van der Waals surface area contributed by atoms with Gasteiger partial charge in [-0.1, -0.05) is 12.8 Å². The number of aliphatic hydroxyl groups is 1. The molecule has 1 aliphatic heterocycles. The normalized spacial score (nSPS) is 35.7. The van der Waals surface area contributed by atoms with Crippen LogP contribution in [0.25, 0.3) is 0 Å². The lowest BCUT2D eigenvalue weighted by Gasteiger charge is -2.47. The largest absolute Gasteiger partial charge is 0.390 e. The first-order valence-corrected chi connectivity index (χ1v) is 6.38. The molecule has 1 saturated heterocycles. The molecular formula is C12H23N3O. The van der Waals surface area contributed by atoms with Gasteiger partial charge in [-0.3, -0.25) is 5.41 Å². The van der Waals surface area contributed by atoms with E-state index in [1.54, 1.807) is 0 Å². The maximum atomic E-state index is 10.5. The van der Waals surface area contributed by atoms with E-state index in [1.165, 1.54) is 12.8 Å². The van der Waals surface area contributed by atoms with E-state index < -0.39 is 0 Å². The van der Waals surface area contributed by atoms with Gasteiger partial charge in [-0.05, 0) is 19.3 Å². The van der Waals surface area contributed by atoms with Gasteiger partial charge in [0.15, 0.2) is 0 Å². The van der Waals surface area contributed by atoms with Crippen molar-refractivity contribution in [2.75, 3.05) is 19.6 Å². The van der Waals surface area contributed by atoms with Crippen molar-refractivity contribution < 1.29 is 5.11 Å². The smallest absolute Gasteiger partial charge is 0.0918 e. The van der Waals surface area contributed by atoms with E-state index in [9.17, 15) is 5.11 Å². The third-order valence-electron chi connectivity index (χ3n) is 4.21. The van der Waals surface area contributed by atoms with Crippen molar-refractivity contribution in [2.45, 2.75) is 44.1 Å². The Balaban J connectivity index is 1.87.